The average molecular weight is 257 g/mol. The van der Waals surface area contributed by atoms with Crippen LogP contribution in [0.5, 0.6) is 0 Å². The first-order valence-corrected chi connectivity index (χ1v) is 4.97. The Labute approximate surface area is 98.5 Å². The Hall–Kier alpha value is -0.740. The van der Waals surface area contributed by atoms with Crippen molar-refractivity contribution in [3.8, 4) is 0 Å². The van der Waals surface area contributed by atoms with Crippen LogP contribution >= 0.6 is 23.2 Å². The van der Waals surface area contributed by atoms with Gasteiger partial charge in [0.2, 0.25) is 0 Å². The van der Waals surface area contributed by atoms with Crippen molar-refractivity contribution >= 4 is 35.1 Å². The van der Waals surface area contributed by atoms with Gasteiger partial charge in [-0.3, -0.25) is 9.59 Å². The summed E-state index contributed by atoms with van der Waals surface area (Å²) >= 11 is 10.9. The van der Waals surface area contributed by atoms with Gasteiger partial charge in [-0.15, -0.1) is 0 Å². The zero-order valence-electron chi connectivity index (χ0n) is 8.54. The Morgan fingerprint density at radius 2 is 1.47 bits per heavy atom. The molecule has 1 aliphatic rings. The fourth-order valence-electron chi connectivity index (χ4n) is 0.448. The van der Waals surface area contributed by atoms with Gasteiger partial charge >= 0.3 is 0 Å². The van der Waals surface area contributed by atoms with E-state index in [1.54, 1.807) is 0 Å². The summed E-state index contributed by atoms with van der Waals surface area (Å²) in [6.07, 6.45) is 2.45. The minimum absolute atomic E-state index is 0.610. The maximum atomic E-state index is 9.00. The van der Waals surface area contributed by atoms with Crippen LogP contribution in [0.1, 0.15) is 26.7 Å². The second-order valence-corrected chi connectivity index (χ2v) is 3.46. The standard InChI is InChI=1S/C5H6Cl2.2C2H4O2/c6-3-5(7)4-1-2-4;2*1-2(3)4/h3-4H,1-2H2;2*1H3,(H,3,4). The van der Waals surface area contributed by atoms with Gasteiger partial charge in [0.1, 0.15) is 0 Å². The molecule has 6 heteroatoms. The Morgan fingerprint density at radius 1 is 1.20 bits per heavy atom. The van der Waals surface area contributed by atoms with Crippen molar-refractivity contribution in [2.24, 2.45) is 5.92 Å². The zero-order chi connectivity index (χ0) is 12.4. The van der Waals surface area contributed by atoms with Gasteiger partial charge in [0.25, 0.3) is 11.9 Å². The predicted octanol–water partition coefficient (Wildman–Crippen LogP) is 2.90. The number of carboxylic acids is 2. The third-order valence-corrected chi connectivity index (χ3v) is 1.84. The average Bonchev–Trinajstić information content (AvgIpc) is 2.83. The number of rotatable bonds is 1. The fraction of sp³-hybridized carbons (Fsp3) is 0.556. The second kappa shape index (κ2) is 9.80. The van der Waals surface area contributed by atoms with Gasteiger partial charge in [-0.25, -0.2) is 0 Å². The van der Waals surface area contributed by atoms with Crippen molar-refractivity contribution in [1.29, 1.82) is 0 Å². The molecule has 0 aromatic rings. The van der Waals surface area contributed by atoms with E-state index in [0.29, 0.717) is 5.92 Å². The molecule has 1 fully saturated rings. The van der Waals surface area contributed by atoms with Crippen LogP contribution in [0.4, 0.5) is 0 Å². The van der Waals surface area contributed by atoms with E-state index in [1.807, 2.05) is 0 Å². The largest absolute Gasteiger partial charge is 0.481 e. The van der Waals surface area contributed by atoms with E-state index in [0.717, 1.165) is 18.9 Å². The highest BCUT2D eigenvalue weighted by atomic mass is 35.5. The van der Waals surface area contributed by atoms with Crippen molar-refractivity contribution in [2.45, 2.75) is 26.7 Å². The molecule has 0 unspecified atom stereocenters. The molecule has 0 heterocycles. The van der Waals surface area contributed by atoms with Crippen LogP contribution < -0.4 is 0 Å². The van der Waals surface area contributed by atoms with Crippen molar-refractivity contribution in [3.63, 3.8) is 0 Å². The number of carbonyl (C=O) groups is 2. The van der Waals surface area contributed by atoms with Crippen LogP contribution in [0, 0.1) is 5.92 Å². The molecule has 0 spiro atoms. The van der Waals surface area contributed by atoms with Crippen molar-refractivity contribution in [2.75, 3.05) is 0 Å². The highest BCUT2D eigenvalue weighted by molar-refractivity contribution is 6.36. The van der Waals surface area contributed by atoms with E-state index >= 15 is 0 Å². The minimum Gasteiger partial charge on any atom is -0.481 e. The first-order chi connectivity index (χ1) is 6.81. The topological polar surface area (TPSA) is 74.6 Å². The Bertz CT molecular complexity index is 214. The maximum Gasteiger partial charge on any atom is 0.300 e. The van der Waals surface area contributed by atoms with Gasteiger partial charge in [-0.2, -0.15) is 0 Å². The number of halogens is 2. The molecule has 0 bridgehead atoms. The quantitative estimate of drug-likeness (QED) is 0.757. The molecule has 0 saturated heterocycles. The van der Waals surface area contributed by atoms with E-state index in [4.69, 9.17) is 43.0 Å². The highest BCUT2D eigenvalue weighted by Crippen LogP contribution is 2.38. The molecule has 0 radical (unpaired) electrons. The normalized spacial score (nSPS) is 14.0. The summed E-state index contributed by atoms with van der Waals surface area (Å²) in [5, 5.41) is 15.7. The predicted molar refractivity (Wildman–Crippen MR) is 59.1 cm³/mol. The van der Waals surface area contributed by atoms with Crippen molar-refractivity contribution in [3.05, 3.63) is 10.6 Å². The molecule has 0 aromatic heterocycles. The van der Waals surface area contributed by atoms with Crippen LogP contribution in [-0.4, -0.2) is 22.2 Å². The molecule has 15 heavy (non-hydrogen) atoms. The maximum absolute atomic E-state index is 9.00. The Morgan fingerprint density at radius 3 is 1.53 bits per heavy atom. The molecule has 0 amide bonds. The SMILES string of the molecule is CC(=O)O.CC(=O)O.ClC=C(Cl)C1CC1. The lowest BCUT2D eigenvalue weighted by molar-refractivity contribution is -0.135. The Balaban J connectivity index is 0. The van der Waals surface area contributed by atoms with Crippen molar-refractivity contribution in [1.82, 2.24) is 0 Å². The smallest absolute Gasteiger partial charge is 0.300 e. The molecule has 1 rings (SSSR count). The second-order valence-electron chi connectivity index (χ2n) is 2.81. The number of hydrogen-bond donors (Lipinski definition) is 2. The summed E-state index contributed by atoms with van der Waals surface area (Å²) in [5.41, 5.74) is 1.46. The first-order valence-electron chi connectivity index (χ1n) is 4.16. The third-order valence-electron chi connectivity index (χ3n) is 1.07. The highest BCUT2D eigenvalue weighted by Gasteiger charge is 2.23. The molecule has 0 aliphatic heterocycles. The third kappa shape index (κ3) is 24.6. The number of aliphatic carboxylic acids is 2. The number of hydrogen-bond acceptors (Lipinski definition) is 2. The van der Waals surface area contributed by atoms with Crippen LogP contribution in [0.3, 0.4) is 0 Å². The van der Waals surface area contributed by atoms with Crippen LogP contribution in [0.15, 0.2) is 10.6 Å². The number of allylic oxidation sites excluding steroid dienone is 1. The molecule has 1 aliphatic carbocycles. The molecule has 0 atom stereocenters. The summed E-state index contributed by atoms with van der Waals surface area (Å²) in [7, 11) is 0. The zero-order valence-corrected chi connectivity index (χ0v) is 10.0. The van der Waals surface area contributed by atoms with Crippen molar-refractivity contribution < 1.29 is 19.8 Å². The lowest BCUT2D eigenvalue weighted by Crippen LogP contribution is -1.78. The van der Waals surface area contributed by atoms with E-state index < -0.39 is 11.9 Å². The fourth-order valence-corrected chi connectivity index (χ4v) is 0.845. The van der Waals surface area contributed by atoms with Crippen LogP contribution in [-0.2, 0) is 9.59 Å². The van der Waals surface area contributed by atoms with E-state index in [-0.39, 0.29) is 0 Å². The lowest BCUT2D eigenvalue weighted by atomic mass is 10.4. The summed E-state index contributed by atoms with van der Waals surface area (Å²) in [6, 6.07) is 0. The van der Waals surface area contributed by atoms with E-state index in [2.05, 4.69) is 0 Å². The molecular weight excluding hydrogens is 243 g/mol. The summed E-state index contributed by atoms with van der Waals surface area (Å²) in [5.74, 6) is -1.06. The van der Waals surface area contributed by atoms with Gasteiger partial charge in [0.05, 0.1) is 0 Å². The molecular formula is C9H14Cl2O4. The minimum atomic E-state index is -0.833. The van der Waals surface area contributed by atoms with Gasteiger partial charge in [0, 0.05) is 24.4 Å². The van der Waals surface area contributed by atoms with Gasteiger partial charge in [0.15, 0.2) is 0 Å². The summed E-state index contributed by atoms with van der Waals surface area (Å²) < 4.78 is 0. The van der Waals surface area contributed by atoms with E-state index in [1.165, 1.54) is 18.4 Å². The first kappa shape index (κ1) is 16.7. The van der Waals surface area contributed by atoms with E-state index in [9.17, 15) is 0 Å². The van der Waals surface area contributed by atoms with Crippen LogP contribution in [0.2, 0.25) is 0 Å². The number of carboxylic acid groups (broad SMARTS) is 2. The molecule has 0 aromatic carbocycles. The molecule has 88 valence electrons. The van der Waals surface area contributed by atoms with Gasteiger partial charge < -0.3 is 10.2 Å². The monoisotopic (exact) mass is 256 g/mol. The van der Waals surface area contributed by atoms with Gasteiger partial charge in [-0.1, -0.05) is 23.2 Å². The van der Waals surface area contributed by atoms with Crippen LogP contribution in [0.25, 0.3) is 0 Å². The summed E-state index contributed by atoms with van der Waals surface area (Å²) in [4.78, 5) is 18.0. The Kier molecular flexibility index (Phi) is 10.9. The molecule has 1 saturated carbocycles. The molecule has 4 nitrogen and oxygen atoms in total. The summed E-state index contributed by atoms with van der Waals surface area (Å²) in [6.45, 7) is 2.17. The molecule has 2 N–H and O–H groups in total. The lowest BCUT2D eigenvalue weighted by Gasteiger charge is -1.83. The van der Waals surface area contributed by atoms with Gasteiger partial charge in [-0.05, 0) is 18.8 Å².